The van der Waals surface area contributed by atoms with Gasteiger partial charge in [0.05, 0.1) is 25.1 Å². The Morgan fingerprint density at radius 3 is 2.66 bits per heavy atom. The highest BCUT2D eigenvalue weighted by Crippen LogP contribution is 2.29. The number of thiophene rings is 1. The van der Waals surface area contributed by atoms with Crippen molar-refractivity contribution in [3.8, 4) is 0 Å². The zero-order chi connectivity index (χ0) is 22.6. The van der Waals surface area contributed by atoms with E-state index >= 15 is 0 Å². The van der Waals surface area contributed by atoms with Crippen molar-refractivity contribution < 1.29 is 23.1 Å². The molecule has 2 fully saturated rings. The summed E-state index contributed by atoms with van der Waals surface area (Å²) >= 11 is 1.09. The van der Waals surface area contributed by atoms with Crippen LogP contribution < -0.4 is 9.62 Å². The molecule has 0 radical (unpaired) electrons. The van der Waals surface area contributed by atoms with Gasteiger partial charge in [-0.25, -0.2) is 18.2 Å². The fourth-order valence-electron chi connectivity index (χ4n) is 4.17. The largest absolute Gasteiger partial charge is 0.478 e. The number of hydrogen-bond donors (Lipinski definition) is 2. The van der Waals surface area contributed by atoms with Crippen LogP contribution >= 0.6 is 11.3 Å². The van der Waals surface area contributed by atoms with Gasteiger partial charge in [-0.2, -0.15) is 0 Å². The molecule has 0 bridgehead atoms. The van der Waals surface area contributed by atoms with Crippen LogP contribution in [0, 0.1) is 5.92 Å². The molecule has 32 heavy (non-hydrogen) atoms. The summed E-state index contributed by atoms with van der Waals surface area (Å²) in [7, 11) is -3.76. The lowest BCUT2D eigenvalue weighted by molar-refractivity contribution is 0.0349. The second-order valence-corrected chi connectivity index (χ2v) is 11.0. The maximum absolute atomic E-state index is 12.4. The monoisotopic (exact) mass is 480 g/mol. The van der Waals surface area contributed by atoms with Gasteiger partial charge < -0.3 is 14.7 Å². The zero-order valence-corrected chi connectivity index (χ0v) is 19.4. The molecule has 4 rings (SSSR count). The van der Waals surface area contributed by atoms with Crippen LogP contribution in [-0.4, -0.2) is 75.3 Å². The molecule has 11 heteroatoms. The number of carbonyl (C=O) groups is 1. The van der Waals surface area contributed by atoms with Gasteiger partial charge in [0.1, 0.15) is 15.6 Å². The lowest BCUT2D eigenvalue weighted by atomic mass is 9.93. The van der Waals surface area contributed by atoms with Crippen LogP contribution in [0.4, 0.5) is 11.5 Å². The number of morpholine rings is 1. The van der Waals surface area contributed by atoms with E-state index in [2.05, 4.69) is 14.6 Å². The predicted molar refractivity (Wildman–Crippen MR) is 123 cm³/mol. The van der Waals surface area contributed by atoms with Crippen molar-refractivity contribution in [2.75, 3.05) is 55.6 Å². The van der Waals surface area contributed by atoms with Crippen molar-refractivity contribution in [2.45, 2.75) is 23.5 Å². The molecular weight excluding hydrogens is 452 g/mol. The molecule has 2 aromatic heterocycles. The van der Waals surface area contributed by atoms with Gasteiger partial charge in [0.15, 0.2) is 0 Å². The van der Waals surface area contributed by atoms with Crippen LogP contribution in [0.15, 0.2) is 34.0 Å². The summed E-state index contributed by atoms with van der Waals surface area (Å²) < 4.78 is 32.9. The molecule has 0 amide bonds. The van der Waals surface area contributed by atoms with Crippen molar-refractivity contribution >= 4 is 38.8 Å². The molecule has 0 atom stereocenters. The standard InChI is InChI=1S/C21H28N4O5S2/c26-21(27)18-14-17(23-32(28,29)19-2-1-13-31-19)15-22-20(18)25-7-4-16(5-8-25)3-6-24-9-11-30-12-10-24/h1-2,13-16,23H,3-12H2,(H,26,27). The topological polar surface area (TPSA) is 112 Å². The summed E-state index contributed by atoms with van der Waals surface area (Å²) in [5.41, 5.74) is 0.142. The van der Waals surface area contributed by atoms with Gasteiger partial charge in [-0.3, -0.25) is 9.62 Å². The van der Waals surface area contributed by atoms with Crippen LogP contribution in [0.1, 0.15) is 29.6 Å². The molecule has 2 aromatic rings. The summed E-state index contributed by atoms with van der Waals surface area (Å²) in [6.07, 6.45) is 4.49. The maximum atomic E-state index is 12.4. The number of aromatic nitrogens is 1. The molecule has 0 unspecified atom stereocenters. The van der Waals surface area contributed by atoms with Crippen LogP contribution in [0.2, 0.25) is 0 Å². The maximum Gasteiger partial charge on any atom is 0.339 e. The van der Waals surface area contributed by atoms with E-state index in [9.17, 15) is 18.3 Å². The Kier molecular flexibility index (Phi) is 7.29. The highest BCUT2D eigenvalue weighted by atomic mass is 32.2. The minimum absolute atomic E-state index is 0.00291. The SMILES string of the molecule is O=C(O)c1cc(NS(=O)(=O)c2cccs2)cnc1N1CCC(CCN2CCOCC2)CC1. The van der Waals surface area contributed by atoms with Crippen LogP contribution in [0.3, 0.4) is 0 Å². The van der Waals surface area contributed by atoms with Gasteiger partial charge in [-0.15, -0.1) is 11.3 Å². The molecule has 0 saturated carbocycles. The molecular formula is C21H28N4O5S2. The summed E-state index contributed by atoms with van der Waals surface area (Å²) in [4.78, 5) is 20.7. The molecule has 2 N–H and O–H groups in total. The summed E-state index contributed by atoms with van der Waals surface area (Å²) in [5.74, 6) is -0.124. The quantitative estimate of drug-likeness (QED) is 0.593. The second kappa shape index (κ2) is 10.2. The third-order valence-corrected chi connectivity index (χ3v) is 8.76. The highest BCUT2D eigenvalue weighted by Gasteiger charge is 2.26. The van der Waals surface area contributed by atoms with Gasteiger partial charge >= 0.3 is 5.97 Å². The Morgan fingerprint density at radius 1 is 1.25 bits per heavy atom. The Morgan fingerprint density at radius 2 is 2.00 bits per heavy atom. The normalized spacial score (nSPS) is 18.6. The Labute approximate surface area is 192 Å². The van der Waals surface area contributed by atoms with Crippen molar-refractivity contribution in [1.29, 1.82) is 0 Å². The van der Waals surface area contributed by atoms with Crippen molar-refractivity contribution in [3.05, 3.63) is 35.3 Å². The molecule has 0 spiro atoms. The number of ether oxygens (including phenoxy) is 1. The van der Waals surface area contributed by atoms with Gasteiger partial charge in [0, 0.05) is 26.2 Å². The molecule has 2 aliphatic rings. The smallest absolute Gasteiger partial charge is 0.339 e. The fraction of sp³-hybridized carbons (Fsp3) is 0.524. The minimum Gasteiger partial charge on any atom is -0.478 e. The Hall–Kier alpha value is -2.21. The first-order chi connectivity index (χ1) is 15.4. The number of sulfonamides is 1. The number of carboxylic acids is 1. The number of piperidine rings is 1. The van der Waals surface area contributed by atoms with E-state index in [0.717, 1.165) is 76.5 Å². The summed E-state index contributed by atoms with van der Waals surface area (Å²) in [6, 6.07) is 4.49. The average Bonchev–Trinajstić information content (AvgIpc) is 3.35. The van der Waals surface area contributed by atoms with Crippen molar-refractivity contribution in [3.63, 3.8) is 0 Å². The molecule has 2 aliphatic heterocycles. The van der Waals surface area contributed by atoms with E-state index in [-0.39, 0.29) is 15.5 Å². The summed E-state index contributed by atoms with van der Waals surface area (Å²) in [5, 5.41) is 11.4. The third-order valence-electron chi connectivity index (χ3n) is 5.98. The van der Waals surface area contributed by atoms with Crippen LogP contribution in [0.5, 0.6) is 0 Å². The first-order valence-corrected chi connectivity index (χ1v) is 13.1. The average molecular weight is 481 g/mol. The molecule has 4 heterocycles. The molecule has 174 valence electrons. The van der Waals surface area contributed by atoms with Gasteiger partial charge in [-0.1, -0.05) is 6.07 Å². The number of nitrogens with zero attached hydrogens (tertiary/aromatic N) is 3. The second-order valence-electron chi connectivity index (χ2n) is 8.11. The third kappa shape index (κ3) is 5.58. The molecule has 0 aromatic carbocycles. The number of pyridine rings is 1. The molecule has 9 nitrogen and oxygen atoms in total. The van der Waals surface area contributed by atoms with Crippen LogP contribution in [-0.2, 0) is 14.8 Å². The van der Waals surface area contributed by atoms with Crippen molar-refractivity contribution in [2.24, 2.45) is 5.92 Å². The lowest BCUT2D eigenvalue weighted by Gasteiger charge is -2.35. The number of aromatic carboxylic acids is 1. The molecule has 0 aliphatic carbocycles. The Bertz CT molecular complexity index is 1010. The van der Waals surface area contributed by atoms with E-state index in [1.807, 2.05) is 4.90 Å². The molecule has 2 saturated heterocycles. The van der Waals surface area contributed by atoms with Gasteiger partial charge in [0.2, 0.25) is 0 Å². The Balaban J connectivity index is 1.38. The lowest BCUT2D eigenvalue weighted by Crippen LogP contribution is -2.39. The fourth-order valence-corrected chi connectivity index (χ4v) is 6.19. The number of anilines is 2. The van der Waals surface area contributed by atoms with E-state index < -0.39 is 16.0 Å². The number of carboxylic acid groups (broad SMARTS) is 1. The van der Waals surface area contributed by atoms with E-state index in [0.29, 0.717) is 11.7 Å². The highest BCUT2D eigenvalue weighted by molar-refractivity contribution is 7.94. The van der Waals surface area contributed by atoms with Gasteiger partial charge in [-0.05, 0) is 49.2 Å². The van der Waals surface area contributed by atoms with E-state index in [1.165, 1.54) is 18.3 Å². The minimum atomic E-state index is -3.76. The van der Waals surface area contributed by atoms with E-state index in [1.54, 1.807) is 11.4 Å². The van der Waals surface area contributed by atoms with Crippen LogP contribution in [0.25, 0.3) is 0 Å². The van der Waals surface area contributed by atoms with Gasteiger partial charge in [0.25, 0.3) is 10.0 Å². The first kappa shape index (κ1) is 23.0. The zero-order valence-electron chi connectivity index (χ0n) is 17.8. The summed E-state index contributed by atoms with van der Waals surface area (Å²) in [6.45, 7) is 6.15. The first-order valence-electron chi connectivity index (χ1n) is 10.8. The van der Waals surface area contributed by atoms with E-state index in [4.69, 9.17) is 4.74 Å². The van der Waals surface area contributed by atoms with Crippen molar-refractivity contribution in [1.82, 2.24) is 9.88 Å². The number of rotatable bonds is 8. The number of hydrogen-bond acceptors (Lipinski definition) is 8. The number of nitrogens with one attached hydrogen (secondary N) is 1. The predicted octanol–water partition coefficient (Wildman–Crippen LogP) is 2.58.